The molecule has 0 aliphatic rings. The molecule has 3 nitrogen and oxygen atoms in total. The number of aliphatic hydroxyl groups is 1. The maximum atomic E-state index is 10.5. The fourth-order valence-corrected chi connectivity index (χ4v) is 0.282. The van der Waals surface area contributed by atoms with E-state index in [9.17, 15) is 4.79 Å². The maximum absolute atomic E-state index is 10.5. The number of nitrogens with one attached hydrogen (secondary N) is 1. The van der Waals surface area contributed by atoms with Gasteiger partial charge in [-0.1, -0.05) is 13.2 Å². The molecule has 0 fully saturated rings. The van der Waals surface area contributed by atoms with E-state index in [0.717, 1.165) is 0 Å². The van der Waals surface area contributed by atoms with Crippen LogP contribution >= 0.6 is 0 Å². The molecule has 2 N–H and O–H groups in total. The molecule has 0 aromatic carbocycles. The highest BCUT2D eigenvalue weighted by molar-refractivity contribution is 5.95. The van der Waals surface area contributed by atoms with Crippen molar-refractivity contribution in [1.82, 2.24) is 5.32 Å². The van der Waals surface area contributed by atoms with Crippen molar-refractivity contribution in [2.45, 2.75) is 0 Å². The van der Waals surface area contributed by atoms with Gasteiger partial charge in [-0.15, -0.1) is 0 Å². The first-order valence-corrected chi connectivity index (χ1v) is 2.38. The summed E-state index contributed by atoms with van der Waals surface area (Å²) in [5, 5.41) is 10.9. The van der Waals surface area contributed by atoms with Gasteiger partial charge in [0.15, 0.2) is 0 Å². The van der Waals surface area contributed by atoms with E-state index in [1.165, 1.54) is 7.05 Å². The van der Waals surface area contributed by atoms with E-state index in [-0.39, 0.29) is 11.3 Å². The average Bonchev–Trinajstić information content (AvgIpc) is 1.84. The molecule has 0 aliphatic carbocycles. The number of likely N-dealkylation sites (N-methyl/N-ethyl adjacent to an activating group) is 1. The Kier molecular flexibility index (Phi) is 2.51. The van der Waals surface area contributed by atoms with Gasteiger partial charge in [-0.05, 0) is 0 Å². The molecule has 0 saturated heterocycles. The highest BCUT2D eigenvalue weighted by atomic mass is 16.3. The van der Waals surface area contributed by atoms with Gasteiger partial charge in [-0.25, -0.2) is 0 Å². The number of aliphatic hydroxyl groups excluding tert-OH is 1. The Bertz CT molecular complexity index is 160. The molecule has 1 amide bonds. The van der Waals surface area contributed by atoms with Crippen LogP contribution in [0.1, 0.15) is 0 Å². The summed E-state index contributed by atoms with van der Waals surface area (Å²) in [5.74, 6) is -0.711. The monoisotopic (exact) mass is 127 g/mol. The van der Waals surface area contributed by atoms with Crippen LogP contribution in [-0.4, -0.2) is 18.1 Å². The minimum Gasteiger partial charge on any atom is -0.508 e. The second-order valence-corrected chi connectivity index (χ2v) is 1.50. The summed E-state index contributed by atoms with van der Waals surface area (Å²) in [7, 11) is 1.45. The lowest BCUT2D eigenvalue weighted by molar-refractivity contribution is -0.116. The molecule has 0 rings (SSSR count). The molecule has 0 unspecified atom stereocenters. The molecule has 0 spiro atoms. The van der Waals surface area contributed by atoms with Gasteiger partial charge in [0.05, 0.1) is 5.57 Å². The van der Waals surface area contributed by atoms with Gasteiger partial charge in [0.25, 0.3) is 5.91 Å². The van der Waals surface area contributed by atoms with Crippen LogP contribution in [0, 0.1) is 0 Å². The smallest absolute Gasteiger partial charge is 0.254 e. The highest BCUT2D eigenvalue weighted by Crippen LogP contribution is 1.98. The van der Waals surface area contributed by atoms with E-state index in [2.05, 4.69) is 18.5 Å². The zero-order valence-corrected chi connectivity index (χ0v) is 5.27. The molecule has 50 valence electrons. The summed E-state index contributed by atoms with van der Waals surface area (Å²) in [6.07, 6.45) is 0. The Morgan fingerprint density at radius 2 is 2.00 bits per heavy atom. The molecule has 0 saturated carbocycles. The van der Waals surface area contributed by atoms with Gasteiger partial charge in [-0.2, -0.15) is 0 Å². The fourth-order valence-electron chi connectivity index (χ4n) is 0.282. The van der Waals surface area contributed by atoms with Crippen molar-refractivity contribution in [2.24, 2.45) is 0 Å². The molecule has 0 aromatic heterocycles. The van der Waals surface area contributed by atoms with Crippen LogP contribution in [-0.2, 0) is 4.79 Å². The molecule has 0 aliphatic heterocycles. The second kappa shape index (κ2) is 2.91. The van der Waals surface area contributed by atoms with Gasteiger partial charge in [0.1, 0.15) is 5.76 Å². The lowest BCUT2D eigenvalue weighted by Gasteiger charge is -1.98. The first kappa shape index (κ1) is 7.75. The quantitative estimate of drug-likeness (QED) is 0.319. The lowest BCUT2D eigenvalue weighted by atomic mass is 10.2. The van der Waals surface area contributed by atoms with Gasteiger partial charge in [0, 0.05) is 7.05 Å². The van der Waals surface area contributed by atoms with Crippen molar-refractivity contribution in [1.29, 1.82) is 0 Å². The Morgan fingerprint density at radius 3 is 2.11 bits per heavy atom. The second-order valence-electron chi connectivity index (χ2n) is 1.50. The predicted molar refractivity (Wildman–Crippen MR) is 35.0 cm³/mol. The Morgan fingerprint density at radius 1 is 1.56 bits per heavy atom. The molecule has 0 heterocycles. The highest BCUT2D eigenvalue weighted by Gasteiger charge is 2.04. The summed E-state index contributed by atoms with van der Waals surface area (Å²) >= 11 is 0. The number of amides is 1. The topological polar surface area (TPSA) is 49.3 Å². The van der Waals surface area contributed by atoms with Crippen molar-refractivity contribution in [2.75, 3.05) is 7.05 Å². The molecular formula is C6H9NO2. The van der Waals surface area contributed by atoms with Crippen LogP contribution in [0.5, 0.6) is 0 Å². The van der Waals surface area contributed by atoms with Crippen molar-refractivity contribution in [3.05, 3.63) is 24.5 Å². The lowest BCUT2D eigenvalue weighted by Crippen LogP contribution is -2.20. The van der Waals surface area contributed by atoms with Crippen molar-refractivity contribution in [3.63, 3.8) is 0 Å². The minimum absolute atomic E-state index is 0.00231. The third kappa shape index (κ3) is 1.99. The van der Waals surface area contributed by atoms with Crippen LogP contribution in [0.15, 0.2) is 24.5 Å². The van der Waals surface area contributed by atoms with Gasteiger partial charge >= 0.3 is 0 Å². The molecule has 0 aromatic rings. The molecule has 0 bridgehead atoms. The number of rotatable bonds is 2. The maximum Gasteiger partial charge on any atom is 0.254 e. The fraction of sp³-hybridized carbons (Fsp3) is 0.167. The zero-order valence-electron chi connectivity index (χ0n) is 5.27. The van der Waals surface area contributed by atoms with E-state index in [0.29, 0.717) is 0 Å². The van der Waals surface area contributed by atoms with Crippen LogP contribution in [0.4, 0.5) is 0 Å². The number of hydrogen-bond acceptors (Lipinski definition) is 2. The third-order valence-corrected chi connectivity index (χ3v) is 0.849. The summed E-state index contributed by atoms with van der Waals surface area (Å²) in [5.41, 5.74) is -0.00231. The minimum atomic E-state index is -0.414. The van der Waals surface area contributed by atoms with Crippen molar-refractivity contribution >= 4 is 5.91 Å². The summed E-state index contributed by atoms with van der Waals surface area (Å²) < 4.78 is 0. The van der Waals surface area contributed by atoms with E-state index in [1.54, 1.807) is 0 Å². The van der Waals surface area contributed by atoms with Crippen LogP contribution in [0.25, 0.3) is 0 Å². The molecule has 0 atom stereocenters. The molecule has 3 heteroatoms. The van der Waals surface area contributed by atoms with E-state index >= 15 is 0 Å². The van der Waals surface area contributed by atoms with E-state index < -0.39 is 5.91 Å². The van der Waals surface area contributed by atoms with Gasteiger partial charge in [-0.3, -0.25) is 4.79 Å². The number of carbonyl (C=O) groups is 1. The van der Waals surface area contributed by atoms with E-state index in [1.807, 2.05) is 0 Å². The van der Waals surface area contributed by atoms with Gasteiger partial charge < -0.3 is 10.4 Å². The summed E-state index contributed by atoms with van der Waals surface area (Å²) in [4.78, 5) is 10.5. The van der Waals surface area contributed by atoms with Crippen LogP contribution < -0.4 is 5.32 Å². The molecule has 0 radical (unpaired) electrons. The molecule has 9 heavy (non-hydrogen) atoms. The number of hydrogen-bond donors (Lipinski definition) is 2. The number of carbonyl (C=O) groups excluding carboxylic acids is 1. The third-order valence-electron chi connectivity index (χ3n) is 0.849. The Hall–Kier alpha value is -1.25. The normalized spacial score (nSPS) is 8.11. The van der Waals surface area contributed by atoms with Crippen LogP contribution in [0.2, 0.25) is 0 Å². The largest absolute Gasteiger partial charge is 0.508 e. The Balaban J connectivity index is 4.05. The first-order valence-electron chi connectivity index (χ1n) is 2.38. The average molecular weight is 127 g/mol. The standard InChI is InChI=1S/C6H9NO2/c1-4(5(2)8)6(9)7-3/h8H,1-2H2,3H3,(H,7,9). The van der Waals surface area contributed by atoms with Gasteiger partial charge in [0.2, 0.25) is 0 Å². The van der Waals surface area contributed by atoms with Crippen molar-refractivity contribution in [3.8, 4) is 0 Å². The predicted octanol–water partition coefficient (Wildman–Crippen LogP) is 0.360. The first-order chi connectivity index (χ1) is 4.09. The van der Waals surface area contributed by atoms with E-state index in [4.69, 9.17) is 5.11 Å². The molecular weight excluding hydrogens is 118 g/mol. The Labute approximate surface area is 53.7 Å². The van der Waals surface area contributed by atoms with Crippen LogP contribution in [0.3, 0.4) is 0 Å². The summed E-state index contributed by atoms with van der Waals surface area (Å²) in [6, 6.07) is 0. The SMILES string of the molecule is C=C(O)C(=C)C(=O)NC. The summed E-state index contributed by atoms with van der Waals surface area (Å²) in [6.45, 7) is 6.38. The zero-order chi connectivity index (χ0) is 7.44. The van der Waals surface area contributed by atoms with Crippen molar-refractivity contribution < 1.29 is 9.90 Å².